The lowest BCUT2D eigenvalue weighted by molar-refractivity contribution is -0.139. The Morgan fingerprint density at radius 1 is 1.06 bits per heavy atom. The fraction of sp³-hybridized carbons (Fsp3) is 0.440. The maximum absolute atomic E-state index is 13.6. The summed E-state index contributed by atoms with van der Waals surface area (Å²) in [5.74, 6) is -0.0526. The summed E-state index contributed by atoms with van der Waals surface area (Å²) >= 11 is 6.12. The van der Waals surface area contributed by atoms with Crippen molar-refractivity contribution in [3.05, 3.63) is 53.1 Å². The Hall–Kier alpha value is -2.98. The number of halogens is 1. The van der Waals surface area contributed by atoms with Gasteiger partial charge in [-0.2, -0.15) is 0 Å². The standard InChI is InChI=1S/C25H34ClN3O6S/c1-17(2)14-27-25(31)18(3)28(15-19-8-7-9-20(26)12-19)24(30)16-29(36(6,32)33)22-13-21(34-4)10-11-23(22)35-5/h7-13,17-18H,14-16H2,1-6H3,(H,27,31)/t18-/m0/s1. The van der Waals surface area contributed by atoms with Crippen molar-refractivity contribution in [2.45, 2.75) is 33.4 Å². The first-order chi connectivity index (χ1) is 16.9. The van der Waals surface area contributed by atoms with Gasteiger partial charge < -0.3 is 19.7 Å². The molecule has 0 unspecified atom stereocenters. The number of anilines is 1. The van der Waals surface area contributed by atoms with Gasteiger partial charge >= 0.3 is 0 Å². The highest BCUT2D eigenvalue weighted by atomic mass is 35.5. The van der Waals surface area contributed by atoms with Gasteiger partial charge in [0.25, 0.3) is 0 Å². The molecule has 0 heterocycles. The fourth-order valence-electron chi connectivity index (χ4n) is 3.45. The highest BCUT2D eigenvalue weighted by Gasteiger charge is 2.31. The summed E-state index contributed by atoms with van der Waals surface area (Å²) in [7, 11) is -1.07. The Kier molecular flexibility index (Phi) is 10.4. The molecule has 0 aliphatic heterocycles. The number of carbonyl (C=O) groups excluding carboxylic acids is 2. The van der Waals surface area contributed by atoms with Crippen molar-refractivity contribution in [1.29, 1.82) is 0 Å². The Balaban J connectivity index is 2.46. The summed E-state index contributed by atoms with van der Waals surface area (Å²) < 4.78 is 37.1. The zero-order valence-corrected chi connectivity index (χ0v) is 23.0. The lowest BCUT2D eigenvalue weighted by Crippen LogP contribution is -2.51. The Morgan fingerprint density at radius 3 is 2.31 bits per heavy atom. The number of benzene rings is 2. The predicted molar refractivity (Wildman–Crippen MR) is 141 cm³/mol. The lowest BCUT2D eigenvalue weighted by Gasteiger charge is -2.32. The van der Waals surface area contributed by atoms with E-state index < -0.39 is 28.5 Å². The molecule has 0 saturated carbocycles. The Bertz CT molecular complexity index is 1170. The molecule has 198 valence electrons. The first kappa shape index (κ1) is 29.3. The van der Waals surface area contributed by atoms with Gasteiger partial charge in [-0.05, 0) is 42.7 Å². The van der Waals surface area contributed by atoms with Gasteiger partial charge in [0.15, 0.2) is 0 Å². The fourth-order valence-corrected chi connectivity index (χ4v) is 4.51. The van der Waals surface area contributed by atoms with E-state index in [0.29, 0.717) is 22.9 Å². The minimum atomic E-state index is -3.92. The van der Waals surface area contributed by atoms with Gasteiger partial charge in [0.1, 0.15) is 24.1 Å². The number of rotatable bonds is 12. The molecule has 0 aromatic heterocycles. The largest absolute Gasteiger partial charge is 0.497 e. The van der Waals surface area contributed by atoms with E-state index in [4.69, 9.17) is 21.1 Å². The Labute approximate surface area is 218 Å². The van der Waals surface area contributed by atoms with E-state index in [2.05, 4.69) is 5.32 Å². The quantitative estimate of drug-likeness (QED) is 0.443. The third-order valence-corrected chi connectivity index (χ3v) is 6.79. The van der Waals surface area contributed by atoms with Crippen molar-refractivity contribution in [2.24, 2.45) is 5.92 Å². The smallest absolute Gasteiger partial charge is 0.244 e. The minimum Gasteiger partial charge on any atom is -0.497 e. The predicted octanol–water partition coefficient (Wildman–Crippen LogP) is 3.31. The van der Waals surface area contributed by atoms with Crippen LogP contribution in [0.25, 0.3) is 0 Å². The van der Waals surface area contributed by atoms with E-state index in [9.17, 15) is 18.0 Å². The SMILES string of the molecule is COc1ccc(OC)c(N(CC(=O)N(Cc2cccc(Cl)c2)[C@@H](C)C(=O)NCC(C)C)S(C)(=O)=O)c1. The van der Waals surface area contributed by atoms with Gasteiger partial charge in [0, 0.05) is 24.2 Å². The van der Waals surface area contributed by atoms with Gasteiger partial charge in [0.05, 0.1) is 26.2 Å². The molecule has 0 aliphatic carbocycles. The van der Waals surface area contributed by atoms with Crippen molar-refractivity contribution in [3.8, 4) is 11.5 Å². The summed E-state index contributed by atoms with van der Waals surface area (Å²) in [6.07, 6.45) is 0.999. The molecule has 0 aliphatic rings. The molecule has 0 bridgehead atoms. The number of carbonyl (C=O) groups is 2. The number of hydrogen-bond acceptors (Lipinski definition) is 6. The van der Waals surface area contributed by atoms with Crippen LogP contribution in [0.3, 0.4) is 0 Å². The van der Waals surface area contributed by atoms with Crippen LogP contribution in [0, 0.1) is 5.92 Å². The summed E-state index contributed by atoms with van der Waals surface area (Å²) in [6.45, 7) is 5.48. The molecular weight excluding hydrogens is 506 g/mol. The molecule has 0 fully saturated rings. The van der Waals surface area contributed by atoms with Crippen LogP contribution in [0.15, 0.2) is 42.5 Å². The molecule has 0 radical (unpaired) electrons. The number of ether oxygens (including phenoxy) is 2. The molecule has 36 heavy (non-hydrogen) atoms. The number of methoxy groups -OCH3 is 2. The number of amides is 2. The van der Waals surface area contributed by atoms with Crippen LogP contribution < -0.4 is 19.1 Å². The molecule has 2 amide bonds. The van der Waals surface area contributed by atoms with E-state index in [1.807, 2.05) is 13.8 Å². The first-order valence-electron chi connectivity index (χ1n) is 11.4. The average molecular weight is 540 g/mol. The first-order valence-corrected chi connectivity index (χ1v) is 13.6. The zero-order valence-electron chi connectivity index (χ0n) is 21.4. The summed E-state index contributed by atoms with van der Waals surface area (Å²) in [6, 6.07) is 10.7. The Morgan fingerprint density at radius 2 is 1.75 bits per heavy atom. The molecule has 2 aromatic rings. The summed E-state index contributed by atoms with van der Waals surface area (Å²) in [5.41, 5.74) is 0.844. The van der Waals surface area contributed by atoms with Crippen LogP contribution in [0.4, 0.5) is 5.69 Å². The van der Waals surface area contributed by atoms with Crippen molar-refractivity contribution in [1.82, 2.24) is 10.2 Å². The van der Waals surface area contributed by atoms with Crippen molar-refractivity contribution >= 4 is 39.1 Å². The van der Waals surface area contributed by atoms with E-state index in [-0.39, 0.29) is 29.8 Å². The topological polar surface area (TPSA) is 105 Å². The highest BCUT2D eigenvalue weighted by molar-refractivity contribution is 7.92. The minimum absolute atomic E-state index is 0.0580. The van der Waals surface area contributed by atoms with Crippen LogP contribution in [-0.4, -0.2) is 64.7 Å². The third kappa shape index (κ3) is 8.03. The molecule has 11 heteroatoms. The molecule has 1 N–H and O–H groups in total. The molecule has 0 saturated heterocycles. The van der Waals surface area contributed by atoms with Crippen LogP contribution in [-0.2, 0) is 26.2 Å². The zero-order chi connectivity index (χ0) is 27.0. The maximum atomic E-state index is 13.6. The molecule has 1 atom stereocenters. The average Bonchev–Trinajstić information content (AvgIpc) is 2.82. The van der Waals surface area contributed by atoms with E-state index in [0.717, 1.165) is 10.6 Å². The lowest BCUT2D eigenvalue weighted by atomic mass is 10.1. The molecule has 0 spiro atoms. The van der Waals surface area contributed by atoms with Crippen molar-refractivity contribution < 1.29 is 27.5 Å². The van der Waals surface area contributed by atoms with Gasteiger partial charge in [0.2, 0.25) is 21.8 Å². The van der Waals surface area contributed by atoms with E-state index >= 15 is 0 Å². The number of nitrogens with zero attached hydrogens (tertiary/aromatic N) is 2. The van der Waals surface area contributed by atoms with Crippen LogP contribution in [0.1, 0.15) is 26.3 Å². The van der Waals surface area contributed by atoms with Crippen LogP contribution in [0.5, 0.6) is 11.5 Å². The van der Waals surface area contributed by atoms with Crippen LogP contribution >= 0.6 is 11.6 Å². The second kappa shape index (κ2) is 12.8. The van der Waals surface area contributed by atoms with Gasteiger partial charge in [-0.25, -0.2) is 8.42 Å². The monoisotopic (exact) mass is 539 g/mol. The molecule has 2 aromatic carbocycles. The highest BCUT2D eigenvalue weighted by Crippen LogP contribution is 2.34. The maximum Gasteiger partial charge on any atom is 0.244 e. The summed E-state index contributed by atoms with van der Waals surface area (Å²) in [5, 5.41) is 3.32. The second-order valence-corrected chi connectivity index (χ2v) is 11.1. The van der Waals surface area contributed by atoms with Gasteiger partial charge in [-0.3, -0.25) is 13.9 Å². The van der Waals surface area contributed by atoms with E-state index in [1.54, 1.807) is 43.3 Å². The number of nitrogens with one attached hydrogen (secondary N) is 1. The van der Waals surface area contributed by atoms with Crippen LogP contribution in [0.2, 0.25) is 5.02 Å². The van der Waals surface area contributed by atoms with Gasteiger partial charge in [-0.1, -0.05) is 37.6 Å². The summed E-state index contributed by atoms with van der Waals surface area (Å²) in [4.78, 5) is 27.9. The van der Waals surface area contributed by atoms with Crippen molar-refractivity contribution in [2.75, 3.05) is 37.9 Å². The number of hydrogen-bond donors (Lipinski definition) is 1. The van der Waals surface area contributed by atoms with Gasteiger partial charge in [-0.15, -0.1) is 0 Å². The molecule has 2 rings (SSSR count). The van der Waals surface area contributed by atoms with Crippen molar-refractivity contribution in [3.63, 3.8) is 0 Å². The normalized spacial score (nSPS) is 12.1. The second-order valence-electron chi connectivity index (χ2n) is 8.77. The number of sulfonamides is 1. The third-order valence-electron chi connectivity index (χ3n) is 5.43. The molecular formula is C25H34ClN3O6S. The van der Waals surface area contributed by atoms with E-state index in [1.165, 1.54) is 25.2 Å². The molecule has 9 nitrogen and oxygen atoms in total.